The van der Waals surface area contributed by atoms with Crippen LogP contribution in [-0.4, -0.2) is 11.9 Å². The van der Waals surface area contributed by atoms with E-state index in [9.17, 15) is 4.79 Å². The molecule has 0 saturated heterocycles. The molecule has 1 atom stereocenters. The molecule has 0 saturated carbocycles. The molecule has 1 aliphatic heterocycles. The summed E-state index contributed by atoms with van der Waals surface area (Å²) in [7, 11) is 0. The van der Waals surface area contributed by atoms with Crippen LogP contribution in [0.3, 0.4) is 0 Å². The van der Waals surface area contributed by atoms with Gasteiger partial charge in [-0.15, -0.1) is 0 Å². The van der Waals surface area contributed by atoms with Crippen LogP contribution in [0.1, 0.15) is 23.7 Å². The third-order valence-electron chi connectivity index (χ3n) is 2.27. The van der Waals surface area contributed by atoms with Crippen LogP contribution in [0.4, 0.5) is 5.69 Å². The lowest BCUT2D eigenvalue weighted by atomic mass is 10.1. The number of carbonyl (C=O) groups is 1. The quantitative estimate of drug-likeness (QED) is 0.785. The zero-order valence-corrected chi connectivity index (χ0v) is 9.30. The highest BCUT2D eigenvalue weighted by atomic mass is 79.9. The first-order valence-electron chi connectivity index (χ1n) is 4.43. The second kappa shape index (κ2) is 3.28. The van der Waals surface area contributed by atoms with Gasteiger partial charge >= 0.3 is 0 Å². The fourth-order valence-corrected chi connectivity index (χ4v) is 2.04. The van der Waals surface area contributed by atoms with Crippen LogP contribution in [0.2, 0.25) is 0 Å². The molecule has 2 N–H and O–H groups in total. The van der Waals surface area contributed by atoms with Gasteiger partial charge in [-0.3, -0.25) is 4.79 Å². The van der Waals surface area contributed by atoms with E-state index in [0.717, 1.165) is 4.47 Å². The van der Waals surface area contributed by atoms with Crippen LogP contribution in [0.15, 0.2) is 16.6 Å². The van der Waals surface area contributed by atoms with Crippen molar-refractivity contribution in [1.29, 1.82) is 0 Å². The van der Waals surface area contributed by atoms with Crippen LogP contribution in [0.25, 0.3) is 0 Å². The Morgan fingerprint density at radius 2 is 2.29 bits per heavy atom. The number of rotatable bonds is 1. The molecule has 1 aliphatic rings. The maximum atomic E-state index is 11.7. The number of anilines is 1. The Morgan fingerprint density at radius 3 is 2.93 bits per heavy atom. The molecule has 14 heavy (non-hydrogen) atoms. The summed E-state index contributed by atoms with van der Waals surface area (Å²) in [5, 5.41) is 0. The number of hydrogen-bond acceptors (Lipinski definition) is 3. The van der Waals surface area contributed by atoms with Crippen molar-refractivity contribution >= 4 is 27.4 Å². The van der Waals surface area contributed by atoms with Crippen molar-refractivity contribution in [2.45, 2.75) is 19.4 Å². The number of benzene rings is 1. The predicted octanol–water partition coefficient (Wildman–Crippen LogP) is 2.38. The first-order valence-corrected chi connectivity index (χ1v) is 5.22. The van der Waals surface area contributed by atoms with Crippen molar-refractivity contribution in [3.05, 3.63) is 22.2 Å². The molecule has 0 aliphatic carbocycles. The molecule has 1 aromatic rings. The van der Waals surface area contributed by atoms with E-state index in [4.69, 9.17) is 10.5 Å². The Balaban J connectivity index is 2.53. The van der Waals surface area contributed by atoms with Gasteiger partial charge in [-0.2, -0.15) is 0 Å². The lowest BCUT2D eigenvalue weighted by Gasteiger charge is -2.06. The van der Waals surface area contributed by atoms with E-state index in [-0.39, 0.29) is 11.9 Å². The summed E-state index contributed by atoms with van der Waals surface area (Å²) in [6.07, 6.45) is 0.312. The fraction of sp³-hybridized carbons (Fsp3) is 0.300. The molecule has 0 bridgehead atoms. The van der Waals surface area contributed by atoms with Crippen LogP contribution < -0.4 is 10.5 Å². The van der Waals surface area contributed by atoms with E-state index < -0.39 is 0 Å². The summed E-state index contributed by atoms with van der Waals surface area (Å²) in [4.78, 5) is 11.7. The first-order chi connectivity index (χ1) is 6.63. The highest BCUT2D eigenvalue weighted by Gasteiger charge is 2.32. The van der Waals surface area contributed by atoms with Crippen molar-refractivity contribution in [2.75, 3.05) is 5.73 Å². The second-order valence-corrected chi connectivity index (χ2v) is 4.17. The summed E-state index contributed by atoms with van der Waals surface area (Å²) in [6, 6.07) is 3.49. The zero-order chi connectivity index (χ0) is 10.3. The number of nitrogens with two attached hydrogens (primary N) is 1. The molecule has 2 rings (SSSR count). The minimum absolute atomic E-state index is 0.0236. The number of fused-ring (bicyclic) bond motifs is 1. The molecular weight excluding hydrogens is 246 g/mol. The zero-order valence-electron chi connectivity index (χ0n) is 7.71. The molecule has 0 amide bonds. The van der Waals surface area contributed by atoms with Gasteiger partial charge < -0.3 is 10.5 Å². The molecule has 1 aromatic carbocycles. The highest BCUT2D eigenvalue weighted by Crippen LogP contribution is 2.37. The van der Waals surface area contributed by atoms with Gasteiger partial charge in [0, 0.05) is 4.47 Å². The van der Waals surface area contributed by atoms with Gasteiger partial charge in [-0.25, -0.2) is 0 Å². The minimum atomic E-state index is -0.360. The molecular formula is C10H10BrNO2. The third kappa shape index (κ3) is 1.30. The standard InChI is InChI=1S/C10H10BrNO2/c1-2-8-9(13)6-3-5(11)4-7(12)10(6)14-8/h3-4,8H,2,12H2,1H3. The molecule has 0 fully saturated rings. The Bertz CT molecular complexity index is 403. The lowest BCUT2D eigenvalue weighted by molar-refractivity contribution is 0.0853. The third-order valence-corrected chi connectivity index (χ3v) is 2.73. The van der Waals surface area contributed by atoms with Gasteiger partial charge in [0.25, 0.3) is 0 Å². The maximum absolute atomic E-state index is 11.7. The largest absolute Gasteiger partial charge is 0.479 e. The van der Waals surface area contributed by atoms with Crippen molar-refractivity contribution in [2.24, 2.45) is 0 Å². The molecule has 0 aromatic heterocycles. The Hall–Kier alpha value is -1.03. The fourth-order valence-electron chi connectivity index (χ4n) is 1.57. The molecule has 4 heteroatoms. The van der Waals surface area contributed by atoms with E-state index in [1.165, 1.54) is 0 Å². The number of hydrogen-bond donors (Lipinski definition) is 1. The van der Waals surface area contributed by atoms with Gasteiger partial charge in [0.05, 0.1) is 11.3 Å². The van der Waals surface area contributed by atoms with Gasteiger partial charge in [-0.1, -0.05) is 22.9 Å². The number of carbonyl (C=O) groups excluding carboxylic acids is 1. The van der Waals surface area contributed by atoms with Crippen LogP contribution >= 0.6 is 15.9 Å². The number of Topliss-reactive ketones (excluding diaryl/α,β-unsaturated/α-hetero) is 1. The highest BCUT2D eigenvalue weighted by molar-refractivity contribution is 9.10. The van der Waals surface area contributed by atoms with E-state index >= 15 is 0 Å². The van der Waals surface area contributed by atoms with Crippen molar-refractivity contribution in [1.82, 2.24) is 0 Å². The SMILES string of the molecule is CCC1Oc2c(N)cc(Br)cc2C1=O. The smallest absolute Gasteiger partial charge is 0.207 e. The summed E-state index contributed by atoms with van der Waals surface area (Å²) in [6.45, 7) is 1.92. The topological polar surface area (TPSA) is 52.3 Å². The van der Waals surface area contributed by atoms with E-state index in [0.29, 0.717) is 23.4 Å². The van der Waals surface area contributed by atoms with Crippen LogP contribution in [0, 0.1) is 0 Å². The minimum Gasteiger partial charge on any atom is -0.479 e. The van der Waals surface area contributed by atoms with E-state index in [1.807, 2.05) is 6.92 Å². The predicted molar refractivity (Wildman–Crippen MR) is 57.6 cm³/mol. The van der Waals surface area contributed by atoms with Gasteiger partial charge in [0.1, 0.15) is 0 Å². The van der Waals surface area contributed by atoms with Crippen molar-refractivity contribution in [3.63, 3.8) is 0 Å². The van der Waals surface area contributed by atoms with Crippen LogP contribution in [-0.2, 0) is 0 Å². The Kier molecular flexibility index (Phi) is 2.23. The summed E-state index contributed by atoms with van der Waals surface area (Å²) in [5.74, 6) is 0.556. The maximum Gasteiger partial charge on any atom is 0.207 e. The normalized spacial score (nSPS) is 19.3. The van der Waals surface area contributed by atoms with Gasteiger partial charge in [0.15, 0.2) is 11.9 Å². The van der Waals surface area contributed by atoms with Crippen molar-refractivity contribution < 1.29 is 9.53 Å². The number of nitrogen functional groups attached to an aromatic ring is 1. The molecule has 1 heterocycles. The molecule has 0 radical (unpaired) electrons. The molecule has 74 valence electrons. The molecule has 1 unspecified atom stereocenters. The molecule has 0 spiro atoms. The summed E-state index contributed by atoms with van der Waals surface area (Å²) >= 11 is 3.30. The monoisotopic (exact) mass is 255 g/mol. The Labute approximate surface area is 90.4 Å². The number of ketones is 1. The summed E-state index contributed by atoms with van der Waals surface area (Å²) < 4.78 is 6.27. The average molecular weight is 256 g/mol. The Morgan fingerprint density at radius 1 is 1.57 bits per heavy atom. The van der Waals surface area contributed by atoms with Crippen molar-refractivity contribution in [3.8, 4) is 5.75 Å². The first kappa shape index (κ1) is 9.52. The van der Waals surface area contributed by atoms with Crippen LogP contribution in [0.5, 0.6) is 5.75 Å². The second-order valence-electron chi connectivity index (χ2n) is 3.25. The molecule has 3 nitrogen and oxygen atoms in total. The average Bonchev–Trinajstić information content (AvgIpc) is 2.44. The van der Waals surface area contributed by atoms with E-state index in [1.54, 1.807) is 12.1 Å². The van der Waals surface area contributed by atoms with E-state index in [2.05, 4.69) is 15.9 Å². The van der Waals surface area contributed by atoms with Gasteiger partial charge in [0.2, 0.25) is 5.78 Å². The lowest BCUT2D eigenvalue weighted by Crippen LogP contribution is -2.18. The number of halogens is 1. The number of ether oxygens (including phenoxy) is 1. The van der Waals surface area contributed by atoms with Gasteiger partial charge in [-0.05, 0) is 18.6 Å². The summed E-state index contributed by atoms with van der Waals surface area (Å²) in [5.41, 5.74) is 6.84.